The van der Waals surface area contributed by atoms with Gasteiger partial charge >= 0.3 is 5.97 Å². The number of rotatable bonds is 7. The van der Waals surface area contributed by atoms with E-state index in [0.717, 1.165) is 18.4 Å². The van der Waals surface area contributed by atoms with Crippen LogP contribution in [0.25, 0.3) is 0 Å². The maximum Gasteiger partial charge on any atom is 0.311 e. The van der Waals surface area contributed by atoms with E-state index >= 15 is 0 Å². The highest BCUT2D eigenvalue weighted by atomic mass is 16.6. The van der Waals surface area contributed by atoms with Crippen LogP contribution in [0, 0.1) is 0 Å². The smallest absolute Gasteiger partial charge is 0.311 e. The lowest BCUT2D eigenvalue weighted by atomic mass is 10.1. The van der Waals surface area contributed by atoms with E-state index in [1.54, 1.807) is 0 Å². The van der Waals surface area contributed by atoms with Crippen LogP contribution < -0.4 is 0 Å². The molecule has 0 fully saturated rings. The van der Waals surface area contributed by atoms with E-state index in [1.807, 2.05) is 62.4 Å². The molecular weight excluding hydrogens is 248 g/mol. The normalized spacial score (nSPS) is 12.2. The molecule has 1 aromatic rings. The first-order chi connectivity index (χ1) is 9.53. The first-order valence-electron chi connectivity index (χ1n) is 7.13. The van der Waals surface area contributed by atoms with E-state index < -0.39 is 5.60 Å². The van der Waals surface area contributed by atoms with Gasteiger partial charge in [-0.25, -0.2) is 0 Å². The number of esters is 1. The molecule has 0 saturated carbocycles. The maximum atomic E-state index is 11.9. The summed E-state index contributed by atoms with van der Waals surface area (Å²) in [5.74, 6) is -0.205. The predicted octanol–water partition coefficient (Wildman–Crippen LogP) is 4.46. The lowest BCUT2D eigenvalue weighted by Crippen LogP contribution is -2.26. The molecule has 0 N–H and O–H groups in total. The van der Waals surface area contributed by atoms with Crippen molar-refractivity contribution in [3.05, 3.63) is 60.2 Å². The maximum absolute atomic E-state index is 11.9. The third-order valence-corrected chi connectivity index (χ3v) is 2.77. The Kier molecular flexibility index (Phi) is 6.78. The van der Waals surface area contributed by atoms with Crippen LogP contribution in [0.1, 0.15) is 39.2 Å². The number of benzene rings is 1. The van der Waals surface area contributed by atoms with Crippen LogP contribution in [0.2, 0.25) is 0 Å². The van der Waals surface area contributed by atoms with Crippen molar-refractivity contribution in [1.82, 2.24) is 0 Å². The second-order valence-electron chi connectivity index (χ2n) is 5.32. The lowest BCUT2D eigenvalue weighted by molar-refractivity contribution is -0.151. The summed E-state index contributed by atoms with van der Waals surface area (Å²) in [5.41, 5.74) is 0.391. The molecule has 0 aliphatic heterocycles. The van der Waals surface area contributed by atoms with Gasteiger partial charge in [-0.1, -0.05) is 61.9 Å². The highest BCUT2D eigenvalue weighted by Crippen LogP contribution is 2.13. The Bertz CT molecular complexity index is 456. The van der Waals surface area contributed by atoms with Crippen LogP contribution in [0.3, 0.4) is 0 Å². The van der Waals surface area contributed by atoms with Gasteiger partial charge in [-0.3, -0.25) is 4.79 Å². The van der Waals surface area contributed by atoms with Crippen LogP contribution >= 0.6 is 0 Å². The Morgan fingerprint density at radius 2 is 1.90 bits per heavy atom. The largest absolute Gasteiger partial charge is 0.455 e. The average Bonchev–Trinajstić information content (AvgIpc) is 2.38. The van der Waals surface area contributed by atoms with Gasteiger partial charge in [0.05, 0.1) is 6.42 Å². The number of allylic oxidation sites excluding steroid dienone is 3. The Morgan fingerprint density at radius 3 is 2.55 bits per heavy atom. The van der Waals surface area contributed by atoms with E-state index in [-0.39, 0.29) is 5.97 Å². The van der Waals surface area contributed by atoms with Crippen molar-refractivity contribution in [2.75, 3.05) is 0 Å². The van der Waals surface area contributed by atoms with Gasteiger partial charge in [0.25, 0.3) is 0 Å². The molecule has 0 aliphatic rings. The van der Waals surface area contributed by atoms with Gasteiger partial charge in [0, 0.05) is 0 Å². The molecule has 0 radical (unpaired) electrons. The molecule has 2 nitrogen and oxygen atoms in total. The lowest BCUT2D eigenvalue weighted by Gasteiger charge is -2.21. The standard InChI is InChI=1S/C18H24O2/c1-4-5-6-7-11-14-18(2,3)20-17(19)15-16-12-9-8-10-13-16/h6-14H,4-5,15H2,1-3H3/b7-6+,14-11+. The number of carbonyl (C=O) groups is 1. The van der Waals surface area contributed by atoms with Crippen molar-refractivity contribution in [3.63, 3.8) is 0 Å². The molecule has 2 heteroatoms. The first-order valence-corrected chi connectivity index (χ1v) is 7.13. The van der Waals surface area contributed by atoms with Gasteiger partial charge < -0.3 is 4.74 Å². The van der Waals surface area contributed by atoms with E-state index in [9.17, 15) is 4.79 Å². The van der Waals surface area contributed by atoms with E-state index in [4.69, 9.17) is 4.74 Å². The summed E-state index contributed by atoms with van der Waals surface area (Å²) in [6, 6.07) is 9.64. The van der Waals surface area contributed by atoms with Gasteiger partial charge in [0.15, 0.2) is 0 Å². The van der Waals surface area contributed by atoms with Gasteiger partial charge in [-0.05, 0) is 31.9 Å². The summed E-state index contributed by atoms with van der Waals surface area (Å²) < 4.78 is 5.49. The summed E-state index contributed by atoms with van der Waals surface area (Å²) in [6.07, 6.45) is 10.5. The molecular formula is C18H24O2. The molecule has 0 amide bonds. The van der Waals surface area contributed by atoms with Crippen LogP contribution in [0.15, 0.2) is 54.6 Å². The number of unbranched alkanes of at least 4 members (excludes halogenated alkanes) is 1. The minimum Gasteiger partial charge on any atom is -0.455 e. The van der Waals surface area contributed by atoms with Crippen molar-refractivity contribution >= 4 is 5.97 Å². The van der Waals surface area contributed by atoms with Crippen LogP contribution in [0.4, 0.5) is 0 Å². The third kappa shape index (κ3) is 6.93. The zero-order valence-electron chi connectivity index (χ0n) is 12.6. The third-order valence-electron chi connectivity index (χ3n) is 2.77. The Balaban J connectivity index is 2.46. The van der Waals surface area contributed by atoms with Crippen molar-refractivity contribution in [2.24, 2.45) is 0 Å². The molecule has 108 valence electrons. The monoisotopic (exact) mass is 272 g/mol. The molecule has 0 aliphatic carbocycles. The zero-order chi connectivity index (χ0) is 14.8. The van der Waals surface area contributed by atoms with E-state index in [2.05, 4.69) is 13.0 Å². The summed E-state index contributed by atoms with van der Waals surface area (Å²) in [6.45, 7) is 5.92. The van der Waals surface area contributed by atoms with Crippen LogP contribution in [-0.2, 0) is 16.0 Å². The molecule has 0 atom stereocenters. The zero-order valence-corrected chi connectivity index (χ0v) is 12.6. The van der Waals surface area contributed by atoms with Gasteiger partial charge in [0.1, 0.15) is 5.60 Å². The molecule has 0 heterocycles. The number of hydrogen-bond donors (Lipinski definition) is 0. The first kappa shape index (κ1) is 16.2. The Labute approximate surface area is 122 Å². The molecule has 0 saturated heterocycles. The number of carbonyl (C=O) groups excluding carboxylic acids is 1. The Morgan fingerprint density at radius 1 is 1.20 bits per heavy atom. The molecule has 20 heavy (non-hydrogen) atoms. The fourth-order valence-electron chi connectivity index (χ4n) is 1.75. The predicted molar refractivity (Wildman–Crippen MR) is 83.5 cm³/mol. The van der Waals surface area contributed by atoms with Crippen LogP contribution in [0.5, 0.6) is 0 Å². The van der Waals surface area contributed by atoms with Gasteiger partial charge in [0.2, 0.25) is 0 Å². The molecule has 0 unspecified atom stereocenters. The van der Waals surface area contributed by atoms with Crippen molar-refractivity contribution < 1.29 is 9.53 Å². The van der Waals surface area contributed by atoms with E-state index in [1.165, 1.54) is 0 Å². The van der Waals surface area contributed by atoms with Gasteiger partial charge in [-0.2, -0.15) is 0 Å². The second-order valence-corrected chi connectivity index (χ2v) is 5.32. The van der Waals surface area contributed by atoms with Crippen molar-refractivity contribution in [2.45, 2.75) is 45.6 Å². The topological polar surface area (TPSA) is 26.3 Å². The summed E-state index contributed by atoms with van der Waals surface area (Å²) in [7, 11) is 0. The SMILES string of the molecule is CCC/C=C/C=C/C(C)(C)OC(=O)Cc1ccccc1. The number of hydrogen-bond acceptors (Lipinski definition) is 2. The van der Waals surface area contributed by atoms with Crippen LogP contribution in [-0.4, -0.2) is 11.6 Å². The molecule has 0 spiro atoms. The quantitative estimate of drug-likeness (QED) is 0.541. The Hall–Kier alpha value is -1.83. The minimum absolute atomic E-state index is 0.205. The molecule has 0 bridgehead atoms. The summed E-state index contributed by atoms with van der Waals surface area (Å²) in [5, 5.41) is 0. The highest BCUT2D eigenvalue weighted by molar-refractivity contribution is 5.73. The van der Waals surface area contributed by atoms with Crippen molar-refractivity contribution in [3.8, 4) is 0 Å². The number of ether oxygens (including phenoxy) is 1. The second kappa shape index (κ2) is 8.36. The van der Waals surface area contributed by atoms with Gasteiger partial charge in [-0.15, -0.1) is 0 Å². The fourth-order valence-corrected chi connectivity index (χ4v) is 1.75. The van der Waals surface area contributed by atoms with E-state index in [0.29, 0.717) is 6.42 Å². The molecule has 1 rings (SSSR count). The van der Waals surface area contributed by atoms with Crippen molar-refractivity contribution in [1.29, 1.82) is 0 Å². The average molecular weight is 272 g/mol. The summed E-state index contributed by atoms with van der Waals surface area (Å²) >= 11 is 0. The highest BCUT2D eigenvalue weighted by Gasteiger charge is 2.19. The summed E-state index contributed by atoms with van der Waals surface area (Å²) in [4.78, 5) is 11.9. The molecule has 1 aromatic carbocycles. The fraction of sp³-hybridized carbons (Fsp3) is 0.389. The minimum atomic E-state index is -0.581. The molecule has 0 aromatic heterocycles.